The zero-order valence-corrected chi connectivity index (χ0v) is 13.9. The molecule has 0 unspecified atom stereocenters. The maximum atomic E-state index is 12.0. The van der Waals surface area contributed by atoms with Crippen molar-refractivity contribution in [2.75, 3.05) is 11.6 Å². The largest absolute Gasteiger partial charge is 0.359 e. The number of carbonyl (C=O) groups is 1. The highest BCUT2D eigenvalue weighted by molar-refractivity contribution is 7.97. The number of hydrogen-bond donors (Lipinski definition) is 2. The van der Waals surface area contributed by atoms with E-state index in [1.165, 1.54) is 5.56 Å². The van der Waals surface area contributed by atoms with Crippen LogP contribution in [0.3, 0.4) is 0 Å². The maximum Gasteiger partial charge on any atom is 0.319 e. The molecule has 1 aromatic heterocycles. The van der Waals surface area contributed by atoms with Gasteiger partial charge >= 0.3 is 6.03 Å². The standard InChI is InChI=1S/C16H21N3O2S/c1-4-14-15(11(2)19-21-14)18-16(20)17-9-12-6-5-7-13(8-12)10-22-3/h5-8H,4,9-10H2,1-3H3,(H2,17,18,20). The van der Waals surface area contributed by atoms with Gasteiger partial charge in [-0.05, 0) is 24.3 Å². The molecule has 0 fully saturated rings. The molecule has 0 radical (unpaired) electrons. The summed E-state index contributed by atoms with van der Waals surface area (Å²) >= 11 is 1.78. The van der Waals surface area contributed by atoms with Crippen LogP contribution in [0.4, 0.5) is 10.5 Å². The molecule has 0 spiro atoms. The Balaban J connectivity index is 1.92. The van der Waals surface area contributed by atoms with Crippen molar-refractivity contribution in [2.45, 2.75) is 32.6 Å². The van der Waals surface area contributed by atoms with Crippen molar-refractivity contribution in [1.29, 1.82) is 0 Å². The number of nitrogens with one attached hydrogen (secondary N) is 2. The zero-order valence-electron chi connectivity index (χ0n) is 13.1. The van der Waals surface area contributed by atoms with Gasteiger partial charge < -0.3 is 15.2 Å². The highest BCUT2D eigenvalue weighted by Gasteiger charge is 2.13. The minimum atomic E-state index is -0.253. The summed E-state index contributed by atoms with van der Waals surface area (Å²) in [5.74, 6) is 1.66. The summed E-state index contributed by atoms with van der Waals surface area (Å²) in [5.41, 5.74) is 3.69. The van der Waals surface area contributed by atoms with Gasteiger partial charge in [-0.1, -0.05) is 36.3 Å². The molecule has 6 heteroatoms. The summed E-state index contributed by atoms with van der Waals surface area (Å²) < 4.78 is 5.16. The third-order valence-electron chi connectivity index (χ3n) is 3.25. The number of rotatable bonds is 6. The van der Waals surface area contributed by atoms with Crippen LogP contribution in [-0.4, -0.2) is 17.4 Å². The molecule has 0 saturated carbocycles. The molecule has 2 aromatic rings. The molecular formula is C16H21N3O2S. The molecule has 1 aromatic carbocycles. The SMILES string of the molecule is CCc1onc(C)c1NC(=O)NCc1cccc(CSC)c1. The Morgan fingerprint density at radius 2 is 2.14 bits per heavy atom. The number of aromatic nitrogens is 1. The van der Waals surface area contributed by atoms with E-state index in [0.717, 1.165) is 11.3 Å². The van der Waals surface area contributed by atoms with Gasteiger partial charge in [-0.3, -0.25) is 0 Å². The average molecular weight is 319 g/mol. The van der Waals surface area contributed by atoms with Gasteiger partial charge in [0.15, 0.2) is 5.76 Å². The Bertz CT molecular complexity index is 640. The van der Waals surface area contributed by atoms with Crippen molar-refractivity contribution in [3.8, 4) is 0 Å². The van der Waals surface area contributed by atoms with Crippen LogP contribution in [0.15, 0.2) is 28.8 Å². The van der Waals surface area contributed by atoms with E-state index in [0.29, 0.717) is 30.1 Å². The molecule has 0 atom stereocenters. The lowest BCUT2D eigenvalue weighted by Crippen LogP contribution is -2.28. The van der Waals surface area contributed by atoms with Crippen molar-refractivity contribution in [3.05, 3.63) is 46.8 Å². The third kappa shape index (κ3) is 4.27. The van der Waals surface area contributed by atoms with Crippen LogP contribution in [0.2, 0.25) is 0 Å². The molecule has 0 aliphatic heterocycles. The number of aryl methyl sites for hydroxylation is 2. The number of amides is 2. The second-order valence-electron chi connectivity index (χ2n) is 4.98. The maximum absolute atomic E-state index is 12.0. The molecule has 2 amide bonds. The van der Waals surface area contributed by atoms with Crippen molar-refractivity contribution in [1.82, 2.24) is 10.5 Å². The Labute approximate surface area is 134 Å². The van der Waals surface area contributed by atoms with Crippen LogP contribution in [0, 0.1) is 6.92 Å². The molecule has 2 rings (SSSR count). The van der Waals surface area contributed by atoms with Crippen molar-refractivity contribution in [3.63, 3.8) is 0 Å². The van der Waals surface area contributed by atoms with Crippen LogP contribution >= 0.6 is 11.8 Å². The van der Waals surface area contributed by atoms with Gasteiger partial charge in [0.1, 0.15) is 11.4 Å². The number of urea groups is 1. The van der Waals surface area contributed by atoms with Crippen molar-refractivity contribution >= 4 is 23.5 Å². The summed E-state index contributed by atoms with van der Waals surface area (Å²) in [6, 6.07) is 7.97. The summed E-state index contributed by atoms with van der Waals surface area (Å²) in [6.45, 7) is 4.25. The third-order valence-corrected chi connectivity index (χ3v) is 3.87. The molecule has 1 heterocycles. The first kappa shape index (κ1) is 16.4. The fourth-order valence-electron chi connectivity index (χ4n) is 2.15. The fourth-order valence-corrected chi connectivity index (χ4v) is 2.67. The summed E-state index contributed by atoms with van der Waals surface area (Å²) in [7, 11) is 0. The van der Waals surface area contributed by atoms with Crippen LogP contribution in [0.25, 0.3) is 0 Å². The van der Waals surface area contributed by atoms with Gasteiger partial charge in [-0.25, -0.2) is 4.79 Å². The number of anilines is 1. The topological polar surface area (TPSA) is 67.2 Å². The Hall–Kier alpha value is -1.95. The van der Waals surface area contributed by atoms with Gasteiger partial charge in [0.05, 0.1) is 0 Å². The first-order valence-electron chi connectivity index (χ1n) is 7.20. The van der Waals surface area contributed by atoms with Gasteiger partial charge in [-0.2, -0.15) is 11.8 Å². The second-order valence-corrected chi connectivity index (χ2v) is 5.85. The van der Waals surface area contributed by atoms with E-state index >= 15 is 0 Å². The highest BCUT2D eigenvalue weighted by atomic mass is 32.2. The lowest BCUT2D eigenvalue weighted by Gasteiger charge is -2.08. The molecule has 0 aliphatic rings. The lowest BCUT2D eigenvalue weighted by atomic mass is 10.1. The average Bonchev–Trinajstić information content (AvgIpc) is 2.86. The van der Waals surface area contributed by atoms with Crippen LogP contribution in [0.5, 0.6) is 0 Å². The van der Waals surface area contributed by atoms with Gasteiger partial charge in [0.25, 0.3) is 0 Å². The molecule has 0 saturated heterocycles. The van der Waals surface area contributed by atoms with Crippen molar-refractivity contribution < 1.29 is 9.32 Å². The molecule has 0 aliphatic carbocycles. The van der Waals surface area contributed by atoms with E-state index in [4.69, 9.17) is 4.52 Å². The van der Waals surface area contributed by atoms with Crippen LogP contribution < -0.4 is 10.6 Å². The Morgan fingerprint density at radius 1 is 1.36 bits per heavy atom. The first-order valence-corrected chi connectivity index (χ1v) is 8.60. The highest BCUT2D eigenvalue weighted by Crippen LogP contribution is 2.20. The zero-order chi connectivity index (χ0) is 15.9. The quantitative estimate of drug-likeness (QED) is 0.851. The van der Waals surface area contributed by atoms with Crippen molar-refractivity contribution in [2.24, 2.45) is 0 Å². The fraction of sp³-hybridized carbons (Fsp3) is 0.375. The van der Waals surface area contributed by atoms with E-state index in [1.54, 1.807) is 11.8 Å². The predicted molar refractivity (Wildman–Crippen MR) is 90.1 cm³/mol. The minimum absolute atomic E-state index is 0.253. The Morgan fingerprint density at radius 3 is 2.86 bits per heavy atom. The van der Waals surface area contributed by atoms with Crippen LogP contribution in [0.1, 0.15) is 29.5 Å². The van der Waals surface area contributed by atoms with Gasteiger partial charge in [0.2, 0.25) is 0 Å². The first-order chi connectivity index (χ1) is 10.6. The number of thioether (sulfide) groups is 1. The summed E-state index contributed by atoms with van der Waals surface area (Å²) in [5, 5.41) is 9.54. The lowest BCUT2D eigenvalue weighted by molar-refractivity contribution is 0.251. The monoisotopic (exact) mass is 319 g/mol. The molecule has 118 valence electrons. The molecule has 0 bridgehead atoms. The van der Waals surface area contributed by atoms with E-state index in [1.807, 2.05) is 26.0 Å². The molecule has 5 nitrogen and oxygen atoms in total. The van der Waals surface area contributed by atoms with Gasteiger partial charge in [-0.15, -0.1) is 0 Å². The molecule has 2 N–H and O–H groups in total. The second kappa shape index (κ2) is 7.89. The van der Waals surface area contributed by atoms with E-state index < -0.39 is 0 Å². The smallest absolute Gasteiger partial charge is 0.319 e. The minimum Gasteiger partial charge on any atom is -0.359 e. The number of benzene rings is 1. The number of carbonyl (C=O) groups excluding carboxylic acids is 1. The van der Waals surface area contributed by atoms with E-state index in [9.17, 15) is 4.79 Å². The normalized spacial score (nSPS) is 10.5. The predicted octanol–water partition coefficient (Wildman–Crippen LogP) is 3.73. The molecule has 22 heavy (non-hydrogen) atoms. The molecular weight excluding hydrogens is 298 g/mol. The van der Waals surface area contributed by atoms with Gasteiger partial charge in [0, 0.05) is 18.7 Å². The number of nitrogens with zero attached hydrogens (tertiary/aromatic N) is 1. The van der Waals surface area contributed by atoms with E-state index in [-0.39, 0.29) is 6.03 Å². The summed E-state index contributed by atoms with van der Waals surface area (Å²) in [6.07, 6.45) is 2.76. The number of hydrogen-bond acceptors (Lipinski definition) is 4. The summed E-state index contributed by atoms with van der Waals surface area (Å²) in [4.78, 5) is 12.0. The van der Waals surface area contributed by atoms with E-state index in [2.05, 4.69) is 34.2 Å². The van der Waals surface area contributed by atoms with Crippen LogP contribution in [-0.2, 0) is 18.7 Å². The Kier molecular flexibility index (Phi) is 5.89.